The van der Waals surface area contributed by atoms with Crippen LogP contribution in [-0.4, -0.2) is 21.2 Å². The third-order valence-corrected chi connectivity index (χ3v) is 3.92. The summed E-state index contributed by atoms with van der Waals surface area (Å²) in [7, 11) is 0. The summed E-state index contributed by atoms with van der Waals surface area (Å²) in [5.41, 5.74) is 2.67. The summed E-state index contributed by atoms with van der Waals surface area (Å²) in [5.74, 6) is -0.740. The van der Waals surface area contributed by atoms with Crippen LogP contribution in [0.5, 0.6) is 5.75 Å². The molecule has 0 fully saturated rings. The number of benzene rings is 2. The van der Waals surface area contributed by atoms with Gasteiger partial charge in [0.2, 0.25) is 0 Å². The Labute approximate surface area is 125 Å². The second kappa shape index (κ2) is 5.38. The Morgan fingerprint density at radius 1 is 1.05 bits per heavy atom. The number of aromatic hydroxyl groups is 1. The van der Waals surface area contributed by atoms with Gasteiger partial charge < -0.3 is 10.2 Å². The van der Waals surface area contributed by atoms with Crippen LogP contribution < -0.4 is 0 Å². The highest BCUT2D eigenvalue weighted by Gasteiger charge is 2.09. The lowest BCUT2D eigenvalue weighted by Gasteiger charge is -1.99. The largest absolute Gasteiger partial charge is 0.508 e. The number of phenolic OH excluding ortho intramolecular Hbond substituents is 1. The van der Waals surface area contributed by atoms with Crippen LogP contribution in [0.3, 0.4) is 0 Å². The van der Waals surface area contributed by atoms with Crippen molar-refractivity contribution in [3.8, 4) is 27.6 Å². The molecule has 0 bridgehead atoms. The first-order valence-electron chi connectivity index (χ1n) is 6.22. The van der Waals surface area contributed by atoms with Crippen molar-refractivity contribution in [2.24, 2.45) is 0 Å². The molecule has 3 aromatic rings. The molecule has 0 aliphatic carbocycles. The number of hydrogen-bond donors (Lipinski definition) is 2. The molecule has 1 aromatic heterocycles. The van der Waals surface area contributed by atoms with Crippen LogP contribution in [-0.2, 0) is 0 Å². The molecule has 104 valence electrons. The molecular formula is C16H11NO3S. The molecule has 0 spiro atoms. The third kappa shape index (κ3) is 2.78. The minimum atomic E-state index is -0.953. The minimum Gasteiger partial charge on any atom is -0.508 e. The normalized spacial score (nSPS) is 10.5. The summed E-state index contributed by atoms with van der Waals surface area (Å²) in [5, 5.41) is 21.0. The van der Waals surface area contributed by atoms with E-state index in [9.17, 15) is 9.90 Å². The zero-order valence-corrected chi connectivity index (χ0v) is 11.7. The number of carboxylic acid groups (broad SMARTS) is 1. The number of rotatable bonds is 3. The quantitative estimate of drug-likeness (QED) is 0.769. The molecule has 5 heteroatoms. The lowest BCUT2D eigenvalue weighted by atomic mass is 10.1. The third-order valence-electron chi connectivity index (χ3n) is 3.02. The lowest BCUT2D eigenvalue weighted by Crippen LogP contribution is -1.95. The fourth-order valence-corrected chi connectivity index (χ4v) is 2.79. The van der Waals surface area contributed by atoms with Gasteiger partial charge >= 0.3 is 5.97 Å². The molecule has 2 N–H and O–H groups in total. The Balaban J connectivity index is 1.96. The molecule has 0 atom stereocenters. The monoisotopic (exact) mass is 297 g/mol. The number of nitrogens with zero attached hydrogens (tertiary/aromatic N) is 1. The van der Waals surface area contributed by atoms with E-state index >= 15 is 0 Å². The average molecular weight is 297 g/mol. The summed E-state index contributed by atoms with van der Waals surface area (Å²) >= 11 is 1.48. The van der Waals surface area contributed by atoms with Gasteiger partial charge in [0, 0.05) is 16.5 Å². The van der Waals surface area contributed by atoms with Crippen LogP contribution in [0.15, 0.2) is 53.9 Å². The van der Waals surface area contributed by atoms with Crippen molar-refractivity contribution in [3.63, 3.8) is 0 Å². The fraction of sp³-hybridized carbons (Fsp3) is 0. The van der Waals surface area contributed by atoms with Crippen molar-refractivity contribution < 1.29 is 15.0 Å². The Bertz CT molecular complexity index is 793. The molecule has 3 rings (SSSR count). The van der Waals surface area contributed by atoms with E-state index in [1.54, 1.807) is 42.5 Å². The number of carboxylic acids is 1. The van der Waals surface area contributed by atoms with Crippen LogP contribution >= 0.6 is 11.3 Å². The summed E-state index contributed by atoms with van der Waals surface area (Å²) < 4.78 is 0. The van der Waals surface area contributed by atoms with E-state index in [0.717, 1.165) is 21.8 Å². The molecule has 0 saturated carbocycles. The standard InChI is InChI=1S/C16H11NO3S/c18-13-6-4-10(5-7-13)15-17-14(9-21-15)11-2-1-3-12(8-11)16(19)20/h1-9,18H,(H,19,20). The summed E-state index contributed by atoms with van der Waals surface area (Å²) in [6, 6.07) is 13.5. The molecule has 1 heterocycles. The van der Waals surface area contributed by atoms with Gasteiger partial charge in [-0.05, 0) is 36.4 Å². The van der Waals surface area contributed by atoms with E-state index in [-0.39, 0.29) is 11.3 Å². The maximum Gasteiger partial charge on any atom is 0.335 e. The van der Waals surface area contributed by atoms with Crippen molar-refractivity contribution in [1.29, 1.82) is 0 Å². The van der Waals surface area contributed by atoms with Crippen LogP contribution in [0.4, 0.5) is 0 Å². The highest BCUT2D eigenvalue weighted by Crippen LogP contribution is 2.30. The highest BCUT2D eigenvalue weighted by molar-refractivity contribution is 7.13. The zero-order valence-electron chi connectivity index (χ0n) is 10.9. The Hall–Kier alpha value is -2.66. The summed E-state index contributed by atoms with van der Waals surface area (Å²) in [6.07, 6.45) is 0. The molecule has 4 nitrogen and oxygen atoms in total. The molecule has 0 unspecified atom stereocenters. The van der Waals surface area contributed by atoms with Gasteiger partial charge in [-0.15, -0.1) is 11.3 Å². The minimum absolute atomic E-state index is 0.213. The predicted octanol–water partition coefficient (Wildman–Crippen LogP) is 3.88. The van der Waals surface area contributed by atoms with Crippen molar-refractivity contribution in [2.45, 2.75) is 0 Å². The van der Waals surface area contributed by atoms with Gasteiger partial charge in [0.15, 0.2) is 0 Å². The van der Waals surface area contributed by atoms with Crippen molar-refractivity contribution in [3.05, 3.63) is 59.5 Å². The Kier molecular flexibility index (Phi) is 3.41. The second-order valence-corrected chi connectivity index (χ2v) is 5.33. The molecule has 0 amide bonds. The van der Waals surface area contributed by atoms with Crippen LogP contribution in [0.25, 0.3) is 21.8 Å². The van der Waals surface area contributed by atoms with Crippen LogP contribution in [0.2, 0.25) is 0 Å². The number of thiazole rings is 1. The number of carbonyl (C=O) groups is 1. The van der Waals surface area contributed by atoms with E-state index in [2.05, 4.69) is 4.98 Å². The number of aromatic carboxylic acids is 1. The smallest absolute Gasteiger partial charge is 0.335 e. The van der Waals surface area contributed by atoms with Crippen molar-refractivity contribution in [1.82, 2.24) is 4.98 Å². The zero-order chi connectivity index (χ0) is 14.8. The fourth-order valence-electron chi connectivity index (χ4n) is 1.95. The molecule has 0 aliphatic heterocycles. The first-order chi connectivity index (χ1) is 10.1. The van der Waals surface area contributed by atoms with Crippen molar-refractivity contribution >= 4 is 17.3 Å². The maximum absolute atomic E-state index is 11.0. The molecule has 21 heavy (non-hydrogen) atoms. The number of aromatic nitrogens is 1. The van der Waals surface area contributed by atoms with Gasteiger partial charge in [0.1, 0.15) is 10.8 Å². The van der Waals surface area contributed by atoms with Gasteiger partial charge in [0.05, 0.1) is 11.3 Å². The van der Waals surface area contributed by atoms with Crippen molar-refractivity contribution in [2.75, 3.05) is 0 Å². The second-order valence-electron chi connectivity index (χ2n) is 4.47. The van der Waals surface area contributed by atoms with E-state index in [1.165, 1.54) is 11.3 Å². The first-order valence-corrected chi connectivity index (χ1v) is 7.10. The van der Waals surface area contributed by atoms with Gasteiger partial charge in [-0.2, -0.15) is 0 Å². The average Bonchev–Trinajstić information content (AvgIpc) is 2.98. The Morgan fingerprint density at radius 2 is 1.81 bits per heavy atom. The van der Waals surface area contributed by atoms with Crippen LogP contribution in [0, 0.1) is 0 Å². The van der Waals surface area contributed by atoms with E-state index in [1.807, 2.05) is 11.4 Å². The summed E-state index contributed by atoms with van der Waals surface area (Å²) in [6.45, 7) is 0. The highest BCUT2D eigenvalue weighted by atomic mass is 32.1. The molecular weight excluding hydrogens is 286 g/mol. The van der Waals surface area contributed by atoms with Gasteiger partial charge in [0.25, 0.3) is 0 Å². The molecule has 2 aromatic carbocycles. The number of phenols is 1. The van der Waals surface area contributed by atoms with Crippen LogP contribution in [0.1, 0.15) is 10.4 Å². The summed E-state index contributed by atoms with van der Waals surface area (Å²) in [4.78, 5) is 15.5. The van der Waals surface area contributed by atoms with E-state index in [0.29, 0.717) is 0 Å². The molecule has 0 aliphatic rings. The molecule has 0 radical (unpaired) electrons. The van der Waals surface area contributed by atoms with Gasteiger partial charge in [-0.25, -0.2) is 9.78 Å². The van der Waals surface area contributed by atoms with Gasteiger partial charge in [-0.1, -0.05) is 12.1 Å². The van der Waals surface area contributed by atoms with E-state index < -0.39 is 5.97 Å². The Morgan fingerprint density at radius 3 is 2.52 bits per heavy atom. The molecule has 0 saturated heterocycles. The topological polar surface area (TPSA) is 70.4 Å². The van der Waals surface area contributed by atoms with E-state index in [4.69, 9.17) is 5.11 Å². The maximum atomic E-state index is 11.0. The predicted molar refractivity (Wildman–Crippen MR) is 81.6 cm³/mol. The SMILES string of the molecule is O=C(O)c1cccc(-c2csc(-c3ccc(O)cc3)n2)c1. The van der Waals surface area contributed by atoms with Gasteiger partial charge in [-0.3, -0.25) is 0 Å². The number of hydrogen-bond acceptors (Lipinski definition) is 4. The lowest BCUT2D eigenvalue weighted by molar-refractivity contribution is 0.0697. The first kappa shape index (κ1) is 13.3.